The molecule has 0 spiro atoms. The molecule has 0 radical (unpaired) electrons. The standard InChI is InChI=1S/C16H19N3O2/c1-19-15-12-6-4-3-5-11(12)7-8-13(15)14(18-19)16(20)17-9-10-21-2/h3-6H,7-10H2,1-2H3,(H,17,20). The van der Waals surface area contributed by atoms with Crippen molar-refractivity contribution in [1.29, 1.82) is 0 Å². The summed E-state index contributed by atoms with van der Waals surface area (Å²) in [5.74, 6) is -0.122. The number of nitrogens with one attached hydrogen (secondary N) is 1. The first-order chi connectivity index (χ1) is 10.2. The van der Waals surface area contributed by atoms with Crippen LogP contribution in [0.3, 0.4) is 0 Å². The van der Waals surface area contributed by atoms with Crippen LogP contribution in [-0.4, -0.2) is 35.9 Å². The Morgan fingerprint density at radius 3 is 3.00 bits per heavy atom. The van der Waals surface area contributed by atoms with Crippen molar-refractivity contribution >= 4 is 5.91 Å². The Morgan fingerprint density at radius 2 is 2.19 bits per heavy atom. The van der Waals surface area contributed by atoms with Crippen molar-refractivity contribution in [1.82, 2.24) is 15.1 Å². The molecule has 1 aromatic heterocycles. The van der Waals surface area contributed by atoms with Crippen LogP contribution in [0.1, 0.15) is 21.6 Å². The second kappa shape index (κ2) is 5.69. The van der Waals surface area contributed by atoms with E-state index in [0.717, 1.165) is 24.1 Å². The molecule has 21 heavy (non-hydrogen) atoms. The highest BCUT2D eigenvalue weighted by molar-refractivity contribution is 5.96. The molecule has 0 saturated carbocycles. The summed E-state index contributed by atoms with van der Waals surface area (Å²) in [5, 5.41) is 7.28. The van der Waals surface area contributed by atoms with Crippen molar-refractivity contribution in [3.05, 3.63) is 41.1 Å². The normalized spacial score (nSPS) is 12.7. The molecule has 1 aliphatic rings. The number of fused-ring (bicyclic) bond motifs is 3. The molecule has 110 valence electrons. The summed E-state index contributed by atoms with van der Waals surface area (Å²) in [6.07, 6.45) is 1.81. The lowest BCUT2D eigenvalue weighted by Gasteiger charge is -2.17. The van der Waals surface area contributed by atoms with Crippen molar-refractivity contribution in [3.63, 3.8) is 0 Å². The van der Waals surface area contributed by atoms with E-state index in [1.54, 1.807) is 7.11 Å². The smallest absolute Gasteiger partial charge is 0.272 e. The second-order valence-corrected chi connectivity index (χ2v) is 5.21. The molecule has 1 aliphatic carbocycles. The molecule has 0 fully saturated rings. The zero-order valence-electron chi connectivity index (χ0n) is 12.3. The lowest BCUT2D eigenvalue weighted by Crippen LogP contribution is -2.28. The van der Waals surface area contributed by atoms with E-state index in [0.29, 0.717) is 18.8 Å². The highest BCUT2D eigenvalue weighted by Crippen LogP contribution is 2.34. The fourth-order valence-electron chi connectivity index (χ4n) is 2.90. The Hall–Kier alpha value is -2.14. The fraction of sp³-hybridized carbons (Fsp3) is 0.375. The maximum Gasteiger partial charge on any atom is 0.272 e. The van der Waals surface area contributed by atoms with Crippen LogP contribution >= 0.6 is 0 Å². The van der Waals surface area contributed by atoms with E-state index in [9.17, 15) is 4.79 Å². The molecular weight excluding hydrogens is 266 g/mol. The van der Waals surface area contributed by atoms with Crippen molar-refractivity contribution in [2.45, 2.75) is 12.8 Å². The van der Waals surface area contributed by atoms with E-state index in [4.69, 9.17) is 4.74 Å². The van der Waals surface area contributed by atoms with Crippen molar-refractivity contribution in [2.75, 3.05) is 20.3 Å². The third kappa shape index (κ3) is 2.45. The van der Waals surface area contributed by atoms with Crippen molar-refractivity contribution in [2.24, 2.45) is 7.05 Å². The second-order valence-electron chi connectivity index (χ2n) is 5.21. The molecule has 0 aliphatic heterocycles. The molecular formula is C16H19N3O2. The summed E-state index contributed by atoms with van der Waals surface area (Å²) in [5.41, 5.74) is 5.15. The zero-order chi connectivity index (χ0) is 14.8. The van der Waals surface area contributed by atoms with Crippen molar-refractivity contribution in [3.8, 4) is 11.3 Å². The van der Waals surface area contributed by atoms with Gasteiger partial charge >= 0.3 is 0 Å². The van der Waals surface area contributed by atoms with Gasteiger partial charge in [0.05, 0.1) is 12.3 Å². The van der Waals surface area contributed by atoms with Crippen molar-refractivity contribution < 1.29 is 9.53 Å². The molecule has 1 heterocycles. The molecule has 0 unspecified atom stereocenters. The number of carbonyl (C=O) groups is 1. The first-order valence-electron chi connectivity index (χ1n) is 7.13. The average Bonchev–Trinajstić information content (AvgIpc) is 2.85. The molecule has 0 atom stereocenters. The predicted molar refractivity (Wildman–Crippen MR) is 80.3 cm³/mol. The highest BCUT2D eigenvalue weighted by Gasteiger charge is 2.26. The van der Waals surface area contributed by atoms with Gasteiger partial charge in [0.25, 0.3) is 5.91 Å². The molecule has 5 heteroatoms. The number of hydrogen-bond acceptors (Lipinski definition) is 3. The van der Waals surface area contributed by atoms with E-state index < -0.39 is 0 Å². The fourth-order valence-corrected chi connectivity index (χ4v) is 2.90. The van der Waals surface area contributed by atoms with Gasteiger partial charge in [0, 0.05) is 31.8 Å². The van der Waals surface area contributed by atoms with Crippen LogP contribution in [0, 0.1) is 0 Å². The number of methoxy groups -OCH3 is 1. The maximum absolute atomic E-state index is 12.3. The lowest BCUT2D eigenvalue weighted by atomic mass is 9.89. The number of benzene rings is 1. The quantitative estimate of drug-likeness (QED) is 0.867. The van der Waals surface area contributed by atoms with E-state index in [2.05, 4.69) is 28.6 Å². The summed E-state index contributed by atoms with van der Waals surface area (Å²) in [6, 6.07) is 8.32. The number of nitrogens with zero attached hydrogens (tertiary/aromatic N) is 2. The Bertz CT molecular complexity index is 676. The topological polar surface area (TPSA) is 56.1 Å². The summed E-state index contributed by atoms with van der Waals surface area (Å²) in [4.78, 5) is 12.3. The van der Waals surface area contributed by atoms with E-state index >= 15 is 0 Å². The van der Waals surface area contributed by atoms with Crippen LogP contribution in [0.25, 0.3) is 11.3 Å². The largest absolute Gasteiger partial charge is 0.383 e. The first-order valence-corrected chi connectivity index (χ1v) is 7.13. The molecule has 0 bridgehead atoms. The molecule has 3 rings (SSSR count). The van der Waals surface area contributed by atoms with Gasteiger partial charge in [-0.2, -0.15) is 5.10 Å². The highest BCUT2D eigenvalue weighted by atomic mass is 16.5. The Balaban J connectivity index is 1.95. The molecule has 1 amide bonds. The lowest BCUT2D eigenvalue weighted by molar-refractivity contribution is 0.0930. The van der Waals surface area contributed by atoms with Crippen LogP contribution in [-0.2, 0) is 24.6 Å². The summed E-state index contributed by atoms with van der Waals surface area (Å²) in [6.45, 7) is 1.00. The zero-order valence-corrected chi connectivity index (χ0v) is 12.3. The third-order valence-corrected chi connectivity index (χ3v) is 3.87. The third-order valence-electron chi connectivity index (χ3n) is 3.87. The van der Waals surface area contributed by atoms with Gasteiger partial charge in [0.2, 0.25) is 0 Å². The number of hydrogen-bond donors (Lipinski definition) is 1. The summed E-state index contributed by atoms with van der Waals surface area (Å²) < 4.78 is 6.77. The number of aromatic nitrogens is 2. The average molecular weight is 285 g/mol. The van der Waals surface area contributed by atoms with Gasteiger partial charge in [-0.15, -0.1) is 0 Å². The maximum atomic E-state index is 12.3. The minimum atomic E-state index is -0.122. The van der Waals surface area contributed by atoms with Gasteiger partial charge in [-0.05, 0) is 18.4 Å². The molecule has 5 nitrogen and oxygen atoms in total. The predicted octanol–water partition coefficient (Wildman–Crippen LogP) is 1.56. The molecule has 1 aromatic carbocycles. The number of carbonyl (C=O) groups excluding carboxylic acids is 1. The van der Waals surface area contributed by atoms with Crippen LogP contribution in [0.2, 0.25) is 0 Å². The number of rotatable bonds is 4. The van der Waals surface area contributed by atoms with Crippen LogP contribution < -0.4 is 5.32 Å². The van der Waals surface area contributed by atoms with Gasteiger partial charge in [0.1, 0.15) is 0 Å². The SMILES string of the molecule is COCCNC(=O)c1nn(C)c2c1CCc1ccccc1-2. The Morgan fingerprint density at radius 1 is 1.38 bits per heavy atom. The van der Waals surface area contributed by atoms with Crippen LogP contribution in [0.15, 0.2) is 24.3 Å². The number of ether oxygens (including phenoxy) is 1. The molecule has 0 saturated heterocycles. The molecule has 1 N–H and O–H groups in total. The number of aryl methyl sites for hydroxylation is 2. The Labute approximate surface area is 123 Å². The van der Waals surface area contributed by atoms with Gasteiger partial charge < -0.3 is 10.1 Å². The minimum Gasteiger partial charge on any atom is -0.383 e. The summed E-state index contributed by atoms with van der Waals surface area (Å²) in [7, 11) is 3.51. The van der Waals surface area contributed by atoms with E-state index in [1.807, 2.05) is 17.8 Å². The monoisotopic (exact) mass is 285 g/mol. The van der Waals surface area contributed by atoms with Gasteiger partial charge in [-0.1, -0.05) is 24.3 Å². The van der Waals surface area contributed by atoms with Gasteiger partial charge in [-0.25, -0.2) is 0 Å². The minimum absolute atomic E-state index is 0.122. The number of amides is 1. The van der Waals surface area contributed by atoms with Crippen LogP contribution in [0.5, 0.6) is 0 Å². The van der Waals surface area contributed by atoms with E-state index in [1.165, 1.54) is 11.1 Å². The van der Waals surface area contributed by atoms with Gasteiger partial charge in [0.15, 0.2) is 5.69 Å². The Kier molecular flexibility index (Phi) is 3.75. The first kappa shape index (κ1) is 13.8. The van der Waals surface area contributed by atoms with E-state index in [-0.39, 0.29) is 5.91 Å². The van der Waals surface area contributed by atoms with Crippen LogP contribution in [0.4, 0.5) is 0 Å². The van der Waals surface area contributed by atoms with Gasteiger partial charge in [-0.3, -0.25) is 9.48 Å². The molecule has 2 aromatic rings. The summed E-state index contributed by atoms with van der Waals surface area (Å²) >= 11 is 0.